The molecule has 1 heterocycles. The first kappa shape index (κ1) is 13.7. The fourth-order valence-corrected chi connectivity index (χ4v) is 2.99. The molecule has 18 heavy (non-hydrogen) atoms. The van der Waals surface area contributed by atoms with Crippen LogP contribution in [-0.2, 0) is 6.54 Å². The average molecular weight is 269 g/mol. The molecule has 1 aliphatic rings. The van der Waals surface area contributed by atoms with Gasteiger partial charge in [0, 0.05) is 13.1 Å². The van der Waals surface area contributed by atoms with Crippen molar-refractivity contribution in [3.05, 3.63) is 28.8 Å². The van der Waals surface area contributed by atoms with Gasteiger partial charge in [0.2, 0.25) is 0 Å². The third-order valence-corrected chi connectivity index (χ3v) is 4.07. The first-order valence-electron chi connectivity index (χ1n) is 6.48. The number of nitrogens with zero attached hydrogens (tertiary/aromatic N) is 1. The third kappa shape index (κ3) is 2.63. The highest BCUT2D eigenvalue weighted by Gasteiger charge is 2.31. The van der Waals surface area contributed by atoms with Crippen LogP contribution in [0.4, 0.5) is 5.69 Å². The zero-order chi connectivity index (χ0) is 13.1. The highest BCUT2D eigenvalue weighted by Crippen LogP contribution is 2.34. The van der Waals surface area contributed by atoms with Gasteiger partial charge in [-0.05, 0) is 37.1 Å². The van der Waals surface area contributed by atoms with Gasteiger partial charge in [-0.2, -0.15) is 0 Å². The Morgan fingerprint density at radius 2 is 2.28 bits per heavy atom. The van der Waals surface area contributed by atoms with Crippen LogP contribution in [0.15, 0.2) is 18.2 Å². The standard InChI is InChI=1S/C14H21ClN2O/c1-10-5-6-17(14(10)9-18)13-4-3-11(8-16-2)7-12(13)15/h3-4,7,10,14,16,18H,5-6,8-9H2,1-2H3. The summed E-state index contributed by atoms with van der Waals surface area (Å²) in [5.74, 6) is 0.517. The molecule has 100 valence electrons. The summed E-state index contributed by atoms with van der Waals surface area (Å²) >= 11 is 6.36. The van der Waals surface area contributed by atoms with Gasteiger partial charge in [0.1, 0.15) is 0 Å². The molecule has 4 heteroatoms. The summed E-state index contributed by atoms with van der Waals surface area (Å²) in [5.41, 5.74) is 2.22. The molecule has 2 unspecified atom stereocenters. The van der Waals surface area contributed by atoms with Crippen molar-refractivity contribution in [1.82, 2.24) is 5.32 Å². The van der Waals surface area contributed by atoms with Crippen LogP contribution < -0.4 is 10.2 Å². The summed E-state index contributed by atoms with van der Waals surface area (Å²) in [6, 6.07) is 6.35. The number of benzene rings is 1. The Morgan fingerprint density at radius 3 is 2.89 bits per heavy atom. The third-order valence-electron chi connectivity index (χ3n) is 3.77. The summed E-state index contributed by atoms with van der Waals surface area (Å²) in [4.78, 5) is 2.23. The Balaban J connectivity index is 2.23. The van der Waals surface area contributed by atoms with Gasteiger partial charge in [0.05, 0.1) is 23.4 Å². The average Bonchev–Trinajstić information content (AvgIpc) is 2.71. The lowest BCUT2D eigenvalue weighted by atomic mass is 10.0. The van der Waals surface area contributed by atoms with Crippen LogP contribution in [0, 0.1) is 5.92 Å². The number of hydrogen-bond donors (Lipinski definition) is 2. The predicted octanol–water partition coefficient (Wildman–Crippen LogP) is 2.27. The minimum absolute atomic E-state index is 0.190. The van der Waals surface area contributed by atoms with Crippen LogP contribution >= 0.6 is 11.6 Å². The van der Waals surface area contributed by atoms with Gasteiger partial charge in [-0.3, -0.25) is 0 Å². The van der Waals surface area contributed by atoms with Gasteiger partial charge >= 0.3 is 0 Å². The van der Waals surface area contributed by atoms with E-state index < -0.39 is 0 Å². The molecule has 1 saturated heterocycles. The Morgan fingerprint density at radius 1 is 1.50 bits per heavy atom. The minimum Gasteiger partial charge on any atom is -0.394 e. The quantitative estimate of drug-likeness (QED) is 0.879. The van der Waals surface area contributed by atoms with Crippen molar-refractivity contribution in [3.8, 4) is 0 Å². The van der Waals surface area contributed by atoms with Crippen molar-refractivity contribution in [2.45, 2.75) is 25.9 Å². The summed E-state index contributed by atoms with van der Waals surface area (Å²) in [5, 5.41) is 13.4. The molecule has 2 rings (SSSR count). The first-order valence-corrected chi connectivity index (χ1v) is 6.85. The predicted molar refractivity (Wildman–Crippen MR) is 76.2 cm³/mol. The number of anilines is 1. The fourth-order valence-electron chi connectivity index (χ4n) is 2.68. The lowest BCUT2D eigenvalue weighted by Crippen LogP contribution is -2.35. The molecular formula is C14H21ClN2O. The van der Waals surface area contributed by atoms with E-state index in [0.717, 1.165) is 30.2 Å². The molecule has 0 aromatic heterocycles. The van der Waals surface area contributed by atoms with Gasteiger partial charge in [-0.1, -0.05) is 24.6 Å². The highest BCUT2D eigenvalue weighted by molar-refractivity contribution is 6.33. The van der Waals surface area contributed by atoms with Gasteiger partial charge in [0.25, 0.3) is 0 Å². The van der Waals surface area contributed by atoms with Crippen molar-refractivity contribution in [2.75, 3.05) is 25.1 Å². The van der Waals surface area contributed by atoms with E-state index in [-0.39, 0.29) is 12.6 Å². The van der Waals surface area contributed by atoms with E-state index in [1.807, 2.05) is 13.1 Å². The number of nitrogens with one attached hydrogen (secondary N) is 1. The Kier molecular flexibility index (Phi) is 4.49. The largest absolute Gasteiger partial charge is 0.394 e. The second-order valence-corrected chi connectivity index (χ2v) is 5.43. The number of halogens is 1. The smallest absolute Gasteiger partial charge is 0.0642 e. The normalized spacial score (nSPS) is 23.7. The molecular weight excluding hydrogens is 248 g/mol. The Hall–Kier alpha value is -0.770. The zero-order valence-electron chi connectivity index (χ0n) is 11.0. The molecule has 0 aliphatic carbocycles. The zero-order valence-corrected chi connectivity index (χ0v) is 11.7. The Labute approximate surface area is 114 Å². The molecule has 0 bridgehead atoms. The molecule has 1 aliphatic heterocycles. The van der Waals surface area contributed by atoms with Gasteiger partial charge < -0.3 is 15.3 Å². The fraction of sp³-hybridized carbons (Fsp3) is 0.571. The topological polar surface area (TPSA) is 35.5 Å². The molecule has 0 spiro atoms. The molecule has 1 fully saturated rings. The number of hydrogen-bond acceptors (Lipinski definition) is 3. The van der Waals surface area contributed by atoms with Gasteiger partial charge in [-0.25, -0.2) is 0 Å². The van der Waals surface area contributed by atoms with Crippen molar-refractivity contribution < 1.29 is 5.11 Å². The number of aliphatic hydroxyl groups excluding tert-OH is 1. The SMILES string of the molecule is CNCc1ccc(N2CCC(C)C2CO)c(Cl)c1. The maximum absolute atomic E-state index is 9.50. The van der Waals surface area contributed by atoms with E-state index in [0.29, 0.717) is 5.92 Å². The molecule has 0 saturated carbocycles. The van der Waals surface area contributed by atoms with Crippen LogP contribution in [0.25, 0.3) is 0 Å². The molecule has 0 radical (unpaired) electrons. The minimum atomic E-state index is 0.190. The highest BCUT2D eigenvalue weighted by atomic mass is 35.5. The van der Waals surface area contributed by atoms with E-state index >= 15 is 0 Å². The summed E-state index contributed by atoms with van der Waals surface area (Å²) < 4.78 is 0. The number of rotatable bonds is 4. The van der Waals surface area contributed by atoms with E-state index in [1.54, 1.807) is 0 Å². The van der Waals surface area contributed by atoms with Crippen molar-refractivity contribution in [1.29, 1.82) is 0 Å². The van der Waals surface area contributed by atoms with Crippen LogP contribution in [-0.4, -0.2) is 31.3 Å². The lowest BCUT2D eigenvalue weighted by Gasteiger charge is -2.28. The van der Waals surface area contributed by atoms with Crippen LogP contribution in [0.5, 0.6) is 0 Å². The summed E-state index contributed by atoms with van der Waals surface area (Å²) in [7, 11) is 1.92. The maximum Gasteiger partial charge on any atom is 0.0642 e. The second-order valence-electron chi connectivity index (χ2n) is 5.03. The molecule has 2 atom stereocenters. The number of aliphatic hydroxyl groups is 1. The molecule has 2 N–H and O–H groups in total. The molecule has 0 amide bonds. The lowest BCUT2D eigenvalue weighted by molar-refractivity contribution is 0.245. The first-order chi connectivity index (χ1) is 8.67. The molecule has 3 nitrogen and oxygen atoms in total. The summed E-state index contributed by atoms with van der Waals surface area (Å²) in [6.07, 6.45) is 1.11. The van der Waals surface area contributed by atoms with Crippen molar-refractivity contribution >= 4 is 17.3 Å². The van der Waals surface area contributed by atoms with E-state index in [1.165, 1.54) is 5.56 Å². The monoisotopic (exact) mass is 268 g/mol. The van der Waals surface area contributed by atoms with E-state index in [2.05, 4.69) is 29.3 Å². The Bertz CT molecular complexity index is 411. The van der Waals surface area contributed by atoms with E-state index in [9.17, 15) is 5.11 Å². The van der Waals surface area contributed by atoms with Crippen LogP contribution in [0.1, 0.15) is 18.9 Å². The van der Waals surface area contributed by atoms with Gasteiger partial charge in [0.15, 0.2) is 0 Å². The van der Waals surface area contributed by atoms with Crippen LogP contribution in [0.3, 0.4) is 0 Å². The second kappa shape index (κ2) is 5.91. The molecule has 1 aromatic carbocycles. The molecule has 1 aromatic rings. The van der Waals surface area contributed by atoms with Crippen molar-refractivity contribution in [3.63, 3.8) is 0 Å². The van der Waals surface area contributed by atoms with Gasteiger partial charge in [-0.15, -0.1) is 0 Å². The van der Waals surface area contributed by atoms with E-state index in [4.69, 9.17) is 11.6 Å². The maximum atomic E-state index is 9.50. The summed E-state index contributed by atoms with van der Waals surface area (Å²) in [6.45, 7) is 4.16. The van der Waals surface area contributed by atoms with Crippen molar-refractivity contribution in [2.24, 2.45) is 5.92 Å². The van der Waals surface area contributed by atoms with Crippen LogP contribution in [0.2, 0.25) is 5.02 Å².